The summed E-state index contributed by atoms with van der Waals surface area (Å²) >= 11 is 0. The molecule has 16 heavy (non-hydrogen) atoms. The van der Waals surface area contributed by atoms with Crippen LogP contribution in [0.2, 0.25) is 0 Å². The lowest BCUT2D eigenvalue weighted by Gasteiger charge is -2.39. The second kappa shape index (κ2) is 4.89. The Morgan fingerprint density at radius 3 is 2.69 bits per heavy atom. The summed E-state index contributed by atoms with van der Waals surface area (Å²) in [7, 11) is 0. The van der Waals surface area contributed by atoms with E-state index >= 15 is 0 Å². The fraction of sp³-hybridized carbons (Fsp3) is 0.583. The van der Waals surface area contributed by atoms with Crippen molar-refractivity contribution in [3.8, 4) is 0 Å². The van der Waals surface area contributed by atoms with Gasteiger partial charge in [-0.2, -0.15) is 0 Å². The molecular weight excluding hydrogens is 205 g/mol. The zero-order chi connectivity index (χ0) is 11.5. The topological polar surface area (TPSA) is 28.2 Å². The van der Waals surface area contributed by atoms with Gasteiger partial charge in [0.1, 0.15) is 5.82 Å². The van der Waals surface area contributed by atoms with Crippen LogP contribution in [0.25, 0.3) is 0 Å². The molecule has 0 aliphatic carbocycles. The van der Waals surface area contributed by atoms with Crippen molar-refractivity contribution >= 4 is 0 Å². The molecule has 88 valence electrons. The van der Waals surface area contributed by atoms with Gasteiger partial charge in [-0.05, 0) is 25.5 Å². The van der Waals surface area contributed by atoms with E-state index in [4.69, 9.17) is 0 Å². The van der Waals surface area contributed by atoms with Gasteiger partial charge in [-0.3, -0.25) is 9.88 Å². The van der Waals surface area contributed by atoms with E-state index in [1.165, 1.54) is 6.20 Å². The monoisotopic (exact) mass is 223 g/mol. The molecule has 0 aromatic carbocycles. The van der Waals surface area contributed by atoms with E-state index in [1.54, 1.807) is 12.3 Å². The predicted molar refractivity (Wildman–Crippen MR) is 61.5 cm³/mol. The highest BCUT2D eigenvalue weighted by Gasteiger charge is 2.24. The third kappa shape index (κ3) is 2.57. The summed E-state index contributed by atoms with van der Waals surface area (Å²) < 4.78 is 13.0. The van der Waals surface area contributed by atoms with Crippen molar-refractivity contribution in [1.29, 1.82) is 0 Å². The number of hydrogen-bond acceptors (Lipinski definition) is 3. The Bertz CT molecular complexity index is 346. The molecule has 1 fully saturated rings. The second-order valence-corrected chi connectivity index (χ2v) is 4.54. The van der Waals surface area contributed by atoms with Crippen LogP contribution in [-0.2, 0) is 6.54 Å². The number of pyridine rings is 1. The Morgan fingerprint density at radius 2 is 2.06 bits per heavy atom. The number of nitrogens with one attached hydrogen (secondary N) is 1. The maximum atomic E-state index is 13.0. The van der Waals surface area contributed by atoms with Gasteiger partial charge in [0.15, 0.2) is 0 Å². The van der Waals surface area contributed by atoms with Gasteiger partial charge in [0.2, 0.25) is 0 Å². The number of aromatic nitrogens is 1. The molecule has 0 saturated carbocycles. The van der Waals surface area contributed by atoms with Crippen LogP contribution >= 0.6 is 0 Å². The van der Waals surface area contributed by atoms with Gasteiger partial charge in [0.25, 0.3) is 0 Å². The molecule has 1 N–H and O–H groups in total. The normalized spacial score (nSPS) is 26.9. The highest BCUT2D eigenvalue weighted by Crippen LogP contribution is 2.14. The molecule has 1 aromatic heterocycles. The average molecular weight is 223 g/mol. The predicted octanol–water partition coefficient (Wildman–Crippen LogP) is 1.40. The van der Waals surface area contributed by atoms with E-state index in [-0.39, 0.29) is 5.82 Å². The quantitative estimate of drug-likeness (QED) is 0.821. The molecule has 2 unspecified atom stereocenters. The third-order valence-electron chi connectivity index (χ3n) is 3.14. The molecule has 1 aromatic rings. The number of halogens is 1. The van der Waals surface area contributed by atoms with E-state index in [0.717, 1.165) is 25.2 Å². The molecule has 3 nitrogen and oxygen atoms in total. The minimum absolute atomic E-state index is 0.257. The number of piperazine rings is 1. The van der Waals surface area contributed by atoms with E-state index in [2.05, 4.69) is 29.0 Å². The first-order valence-electron chi connectivity index (χ1n) is 5.72. The van der Waals surface area contributed by atoms with E-state index in [1.807, 2.05) is 0 Å². The molecule has 1 saturated heterocycles. The fourth-order valence-electron chi connectivity index (χ4n) is 2.23. The van der Waals surface area contributed by atoms with E-state index < -0.39 is 0 Å². The van der Waals surface area contributed by atoms with Crippen molar-refractivity contribution in [2.45, 2.75) is 32.5 Å². The molecule has 0 amide bonds. The molecule has 0 bridgehead atoms. The molecule has 2 heterocycles. The summed E-state index contributed by atoms with van der Waals surface area (Å²) in [6, 6.07) is 2.52. The Labute approximate surface area is 95.7 Å². The van der Waals surface area contributed by atoms with Gasteiger partial charge in [-0.15, -0.1) is 0 Å². The summed E-state index contributed by atoms with van der Waals surface area (Å²) in [6.45, 7) is 7.14. The maximum absolute atomic E-state index is 13.0. The second-order valence-electron chi connectivity index (χ2n) is 4.54. The Morgan fingerprint density at radius 1 is 1.38 bits per heavy atom. The largest absolute Gasteiger partial charge is 0.314 e. The first-order valence-corrected chi connectivity index (χ1v) is 5.72. The fourth-order valence-corrected chi connectivity index (χ4v) is 2.23. The molecular formula is C12H18FN3. The van der Waals surface area contributed by atoms with Crippen molar-refractivity contribution in [2.75, 3.05) is 13.1 Å². The van der Waals surface area contributed by atoms with Crippen LogP contribution in [0.4, 0.5) is 4.39 Å². The summed E-state index contributed by atoms with van der Waals surface area (Å²) in [4.78, 5) is 6.26. The van der Waals surface area contributed by atoms with Gasteiger partial charge in [-0.25, -0.2) is 4.39 Å². The smallest absolute Gasteiger partial charge is 0.141 e. The Kier molecular flexibility index (Phi) is 3.51. The molecule has 0 spiro atoms. The van der Waals surface area contributed by atoms with Crippen molar-refractivity contribution in [1.82, 2.24) is 15.2 Å². The van der Waals surface area contributed by atoms with Crippen LogP contribution in [0, 0.1) is 5.82 Å². The van der Waals surface area contributed by atoms with Crippen LogP contribution in [0.3, 0.4) is 0 Å². The average Bonchev–Trinajstić information content (AvgIpc) is 2.24. The van der Waals surface area contributed by atoms with Crippen molar-refractivity contribution in [3.63, 3.8) is 0 Å². The zero-order valence-electron chi connectivity index (χ0n) is 9.78. The minimum Gasteiger partial charge on any atom is -0.314 e. The summed E-state index contributed by atoms with van der Waals surface area (Å²) in [6.07, 6.45) is 2.98. The molecule has 1 aliphatic heterocycles. The van der Waals surface area contributed by atoms with Crippen LogP contribution in [0.5, 0.6) is 0 Å². The summed E-state index contributed by atoms with van der Waals surface area (Å²) in [5.74, 6) is -0.257. The molecule has 0 radical (unpaired) electrons. The molecule has 2 atom stereocenters. The van der Waals surface area contributed by atoms with Gasteiger partial charge in [-0.1, -0.05) is 0 Å². The molecule has 1 aliphatic rings. The standard InChI is InChI=1S/C12H18FN3/c1-9-4-14-5-10(2)16(9)8-11-3-12(13)7-15-6-11/h3,6-7,9-10,14H,4-5,8H2,1-2H3. The maximum Gasteiger partial charge on any atom is 0.141 e. The Hall–Kier alpha value is -1.00. The SMILES string of the molecule is CC1CNCC(C)N1Cc1cncc(F)c1. The highest BCUT2D eigenvalue weighted by molar-refractivity contribution is 5.10. The van der Waals surface area contributed by atoms with Crippen LogP contribution in [0.15, 0.2) is 18.5 Å². The third-order valence-corrected chi connectivity index (χ3v) is 3.14. The zero-order valence-corrected chi connectivity index (χ0v) is 9.78. The van der Waals surface area contributed by atoms with E-state index in [0.29, 0.717) is 12.1 Å². The number of nitrogens with zero attached hydrogens (tertiary/aromatic N) is 2. The highest BCUT2D eigenvalue weighted by atomic mass is 19.1. The van der Waals surface area contributed by atoms with Crippen LogP contribution in [-0.4, -0.2) is 35.1 Å². The summed E-state index contributed by atoms with van der Waals surface area (Å²) in [5.41, 5.74) is 0.945. The first kappa shape index (κ1) is 11.5. The number of rotatable bonds is 2. The number of hydrogen-bond donors (Lipinski definition) is 1. The minimum atomic E-state index is -0.257. The van der Waals surface area contributed by atoms with Crippen molar-refractivity contribution < 1.29 is 4.39 Å². The Balaban J connectivity index is 2.07. The van der Waals surface area contributed by atoms with Gasteiger partial charge in [0.05, 0.1) is 6.20 Å². The van der Waals surface area contributed by atoms with Gasteiger partial charge in [0, 0.05) is 37.9 Å². The lowest BCUT2D eigenvalue weighted by Crippen LogP contribution is -2.54. The lowest BCUT2D eigenvalue weighted by molar-refractivity contribution is 0.108. The first-order chi connectivity index (χ1) is 7.66. The van der Waals surface area contributed by atoms with Crippen molar-refractivity contribution in [3.05, 3.63) is 29.8 Å². The molecule has 4 heteroatoms. The van der Waals surface area contributed by atoms with Gasteiger partial charge < -0.3 is 5.32 Å². The van der Waals surface area contributed by atoms with Crippen LogP contribution in [0.1, 0.15) is 19.4 Å². The molecule has 2 rings (SSSR count). The van der Waals surface area contributed by atoms with E-state index in [9.17, 15) is 4.39 Å². The van der Waals surface area contributed by atoms with Crippen LogP contribution < -0.4 is 5.32 Å². The van der Waals surface area contributed by atoms with Crippen molar-refractivity contribution in [2.24, 2.45) is 0 Å². The lowest BCUT2D eigenvalue weighted by atomic mass is 10.1. The van der Waals surface area contributed by atoms with Gasteiger partial charge >= 0.3 is 0 Å². The summed E-state index contributed by atoms with van der Waals surface area (Å²) in [5, 5.41) is 3.38.